The van der Waals surface area contributed by atoms with Crippen LogP contribution in [-0.2, 0) is 0 Å². The molecule has 20 heteroatoms. The van der Waals surface area contributed by atoms with Crippen LogP contribution < -0.4 is 66.3 Å². The van der Waals surface area contributed by atoms with E-state index in [1.807, 2.05) is 0 Å². The lowest BCUT2D eigenvalue weighted by atomic mass is 9.82. The van der Waals surface area contributed by atoms with Gasteiger partial charge in [-0.1, -0.05) is 0 Å². The molecule has 0 aromatic heterocycles. The maximum Gasteiger partial charge on any atom is 0.281 e. The standard InChI is InChI=1S/C56H56N2O18/c1-63-43-15-29(31-17-45(65-3)47(67-5)19-33(31)35-21-49(69-7)51(71-9)23-37(35)39-25-53(73-11)55(75-13)27-41(39)57(59)60)30(16-44(43)64-2)32-18-46(66-4)48(68-6)20-34(32)36-22-50(70-8)52(72-10)24-38(36)40-26-54(74-12)56(76-14)28-42(40)58(61)62/h15-28H,1-14H3. The summed E-state index contributed by atoms with van der Waals surface area (Å²) in [6, 6.07) is 22.8. The van der Waals surface area contributed by atoms with Gasteiger partial charge in [0.1, 0.15) is 0 Å². The minimum absolute atomic E-state index is 0.130. The van der Waals surface area contributed by atoms with Crippen LogP contribution in [0.3, 0.4) is 0 Å². The van der Waals surface area contributed by atoms with E-state index in [9.17, 15) is 20.2 Å². The molecule has 0 fully saturated rings. The lowest BCUT2D eigenvalue weighted by Gasteiger charge is -2.24. The predicted octanol–water partition coefficient (Wildman–Crippen LogP) is 11.6. The van der Waals surface area contributed by atoms with Crippen LogP contribution in [0, 0.1) is 20.2 Å². The van der Waals surface area contributed by atoms with E-state index < -0.39 is 9.85 Å². The molecule has 0 aliphatic carbocycles. The van der Waals surface area contributed by atoms with E-state index in [4.69, 9.17) is 66.3 Å². The summed E-state index contributed by atoms with van der Waals surface area (Å²) >= 11 is 0. The third-order valence-electron chi connectivity index (χ3n) is 12.8. The van der Waals surface area contributed by atoms with Gasteiger partial charge in [0.05, 0.1) is 133 Å². The van der Waals surface area contributed by atoms with Gasteiger partial charge in [0, 0.05) is 11.1 Å². The molecule has 0 heterocycles. The van der Waals surface area contributed by atoms with Crippen LogP contribution in [0.1, 0.15) is 0 Å². The molecule has 0 amide bonds. The van der Waals surface area contributed by atoms with Crippen molar-refractivity contribution in [1.29, 1.82) is 0 Å². The number of nitrogens with zero attached hydrogens (tertiary/aromatic N) is 2. The second-order valence-electron chi connectivity index (χ2n) is 16.2. The number of rotatable bonds is 22. The van der Waals surface area contributed by atoms with Crippen molar-refractivity contribution < 1.29 is 76.2 Å². The van der Waals surface area contributed by atoms with Crippen molar-refractivity contribution in [3.63, 3.8) is 0 Å². The van der Waals surface area contributed by atoms with Gasteiger partial charge in [-0.05, 0) is 117 Å². The normalized spacial score (nSPS) is 10.7. The average Bonchev–Trinajstić information content (AvgIpc) is 3.46. The smallest absolute Gasteiger partial charge is 0.281 e. The highest BCUT2D eigenvalue weighted by atomic mass is 16.6. The maximum absolute atomic E-state index is 13.1. The van der Waals surface area contributed by atoms with E-state index >= 15 is 0 Å². The Kier molecular flexibility index (Phi) is 16.6. The first-order valence-electron chi connectivity index (χ1n) is 22.8. The first kappa shape index (κ1) is 54.3. The van der Waals surface area contributed by atoms with E-state index in [0.29, 0.717) is 90.1 Å². The summed E-state index contributed by atoms with van der Waals surface area (Å²) in [7, 11) is 20.4. The SMILES string of the molecule is COc1cc(-c2cc(OC)c(OC)cc2-c2cc(OC)c(OC)cc2-c2cc(OC)c(OC)cc2[N+](=O)[O-])c(-c2cc(OC)c(OC)cc2-c2cc(OC)c(OC)cc2-c2cc(OC)c(OC)cc2[N+](=O)[O-])cc1OC. The summed E-state index contributed by atoms with van der Waals surface area (Å²) < 4.78 is 81.8. The van der Waals surface area contributed by atoms with E-state index in [0.717, 1.165) is 0 Å². The first-order chi connectivity index (χ1) is 36.7. The lowest BCUT2D eigenvalue weighted by molar-refractivity contribution is -0.384. The van der Waals surface area contributed by atoms with Crippen LogP contribution in [0.15, 0.2) is 84.9 Å². The van der Waals surface area contributed by atoms with Crippen molar-refractivity contribution in [2.75, 3.05) is 99.5 Å². The van der Waals surface area contributed by atoms with Gasteiger partial charge in [0.25, 0.3) is 11.4 Å². The third-order valence-corrected chi connectivity index (χ3v) is 12.8. The van der Waals surface area contributed by atoms with Gasteiger partial charge in [0.15, 0.2) is 80.5 Å². The maximum atomic E-state index is 13.1. The molecule has 7 aromatic carbocycles. The van der Waals surface area contributed by atoms with E-state index in [1.54, 1.807) is 60.7 Å². The summed E-state index contributed by atoms with van der Waals surface area (Å²) in [5.74, 6) is 3.58. The molecule has 0 spiro atoms. The topological polar surface area (TPSA) is 215 Å². The molecule has 398 valence electrons. The molecular formula is C56H56N2O18. The van der Waals surface area contributed by atoms with Crippen molar-refractivity contribution >= 4 is 11.4 Å². The van der Waals surface area contributed by atoms with Gasteiger partial charge in [-0.3, -0.25) is 20.2 Å². The molecule has 20 nitrogen and oxygen atoms in total. The molecule has 0 aliphatic heterocycles. The van der Waals surface area contributed by atoms with Crippen molar-refractivity contribution in [3.05, 3.63) is 105 Å². The summed E-state index contributed by atoms with van der Waals surface area (Å²) in [6.07, 6.45) is 0. The van der Waals surface area contributed by atoms with Gasteiger partial charge in [0.2, 0.25) is 0 Å². The largest absolute Gasteiger partial charge is 0.493 e. The highest BCUT2D eigenvalue weighted by Gasteiger charge is 2.31. The number of hydrogen-bond donors (Lipinski definition) is 0. The van der Waals surface area contributed by atoms with Crippen LogP contribution in [-0.4, -0.2) is 109 Å². The molecular weight excluding hydrogens is 989 g/mol. The van der Waals surface area contributed by atoms with Gasteiger partial charge < -0.3 is 66.3 Å². The van der Waals surface area contributed by atoms with Gasteiger partial charge in [-0.2, -0.15) is 0 Å². The minimum Gasteiger partial charge on any atom is -0.493 e. The zero-order valence-electron chi connectivity index (χ0n) is 44.3. The summed E-state index contributed by atoms with van der Waals surface area (Å²) in [6.45, 7) is 0. The molecule has 0 bridgehead atoms. The number of nitro benzene ring substituents is 2. The molecule has 0 radical (unpaired) electrons. The van der Waals surface area contributed by atoms with Crippen LogP contribution in [0.5, 0.6) is 80.5 Å². The zero-order chi connectivity index (χ0) is 55.1. The highest BCUT2D eigenvalue weighted by Crippen LogP contribution is 2.56. The number of methoxy groups -OCH3 is 14. The Hall–Kier alpha value is -9.46. The van der Waals surface area contributed by atoms with Crippen molar-refractivity contribution in [2.24, 2.45) is 0 Å². The molecule has 0 saturated carbocycles. The predicted molar refractivity (Wildman–Crippen MR) is 284 cm³/mol. The minimum atomic E-state index is -0.516. The van der Waals surface area contributed by atoms with Crippen LogP contribution >= 0.6 is 0 Å². The van der Waals surface area contributed by atoms with Crippen molar-refractivity contribution in [3.8, 4) is 147 Å². The Morgan fingerprint density at radius 3 is 0.434 bits per heavy atom. The van der Waals surface area contributed by atoms with Gasteiger partial charge in [-0.15, -0.1) is 0 Å². The summed E-state index contributed by atoms with van der Waals surface area (Å²) in [4.78, 5) is 25.1. The molecule has 0 atom stereocenters. The highest BCUT2D eigenvalue weighted by molar-refractivity contribution is 6.04. The molecule has 7 rings (SSSR count). The molecule has 0 aliphatic rings. The fourth-order valence-electron chi connectivity index (χ4n) is 9.09. The number of nitro groups is 2. The fourth-order valence-corrected chi connectivity index (χ4v) is 9.09. The van der Waals surface area contributed by atoms with Crippen molar-refractivity contribution in [2.45, 2.75) is 0 Å². The van der Waals surface area contributed by atoms with Crippen LogP contribution in [0.2, 0.25) is 0 Å². The Morgan fingerprint density at radius 2 is 0.316 bits per heavy atom. The Bertz CT molecular complexity index is 3140. The Morgan fingerprint density at radius 1 is 0.211 bits per heavy atom. The van der Waals surface area contributed by atoms with Gasteiger partial charge >= 0.3 is 0 Å². The van der Waals surface area contributed by atoms with E-state index in [2.05, 4.69) is 0 Å². The summed E-state index contributed by atoms with van der Waals surface area (Å²) in [5, 5.41) is 26.1. The monoisotopic (exact) mass is 1040 g/mol. The zero-order valence-corrected chi connectivity index (χ0v) is 44.3. The average molecular weight is 1050 g/mol. The van der Waals surface area contributed by atoms with Crippen LogP contribution in [0.25, 0.3) is 66.8 Å². The van der Waals surface area contributed by atoms with E-state index in [-0.39, 0.29) is 68.5 Å². The molecule has 0 saturated heterocycles. The molecule has 0 unspecified atom stereocenters. The fraction of sp³-hybridized carbons (Fsp3) is 0.250. The summed E-state index contributed by atoms with van der Waals surface area (Å²) in [5.41, 5.74) is 3.88. The lowest BCUT2D eigenvalue weighted by Crippen LogP contribution is -2.02. The third kappa shape index (κ3) is 9.86. The number of hydrogen-bond acceptors (Lipinski definition) is 18. The Labute approximate surface area is 438 Å². The molecule has 76 heavy (non-hydrogen) atoms. The second kappa shape index (κ2) is 23.2. The van der Waals surface area contributed by atoms with Crippen LogP contribution in [0.4, 0.5) is 11.4 Å². The molecule has 0 N–H and O–H groups in total. The second-order valence-corrected chi connectivity index (χ2v) is 16.2. The Balaban J connectivity index is 1.72. The van der Waals surface area contributed by atoms with Crippen molar-refractivity contribution in [1.82, 2.24) is 0 Å². The number of benzene rings is 7. The number of ether oxygens (including phenoxy) is 14. The van der Waals surface area contributed by atoms with Gasteiger partial charge in [-0.25, -0.2) is 0 Å². The van der Waals surface area contributed by atoms with E-state index in [1.165, 1.54) is 124 Å². The quantitative estimate of drug-likeness (QED) is 0.0455. The molecule has 7 aromatic rings. The first-order valence-corrected chi connectivity index (χ1v) is 22.8.